The van der Waals surface area contributed by atoms with E-state index in [4.69, 9.17) is 23.8 Å². The van der Waals surface area contributed by atoms with E-state index < -0.39 is 0 Å². The molecular formula is C24H24ClN4OS+. The Labute approximate surface area is 192 Å². The Bertz CT molecular complexity index is 1120. The fourth-order valence-electron chi connectivity index (χ4n) is 5.24. The third-order valence-corrected chi connectivity index (χ3v) is 7.59. The number of rotatable bonds is 4. The van der Waals surface area contributed by atoms with E-state index in [-0.39, 0.29) is 23.4 Å². The third kappa shape index (κ3) is 3.51. The van der Waals surface area contributed by atoms with E-state index in [0.29, 0.717) is 21.7 Å². The van der Waals surface area contributed by atoms with E-state index in [9.17, 15) is 10.1 Å². The number of halogens is 1. The van der Waals surface area contributed by atoms with Gasteiger partial charge in [-0.3, -0.25) is 4.79 Å². The van der Waals surface area contributed by atoms with Crippen molar-refractivity contribution in [3.05, 3.63) is 58.6 Å². The largest absolute Gasteiger partial charge is 0.347 e. The summed E-state index contributed by atoms with van der Waals surface area (Å²) in [5.41, 5.74) is 7.06. The van der Waals surface area contributed by atoms with Gasteiger partial charge in [-0.15, -0.1) is 0 Å². The number of quaternary nitrogens is 1. The molecule has 2 aromatic rings. The van der Waals surface area contributed by atoms with Crippen LogP contribution in [0.2, 0.25) is 5.02 Å². The molecule has 2 saturated heterocycles. The molecule has 158 valence electrons. The molecule has 2 aromatic carbocycles. The summed E-state index contributed by atoms with van der Waals surface area (Å²) in [6, 6.07) is 16.7. The summed E-state index contributed by atoms with van der Waals surface area (Å²) in [7, 11) is 0. The lowest BCUT2D eigenvalue weighted by Crippen LogP contribution is -2.65. The Morgan fingerprint density at radius 1 is 1.23 bits per heavy atom. The first kappa shape index (κ1) is 20.4. The number of thiocarbonyl (C=S) groups is 1. The fourth-order valence-corrected chi connectivity index (χ4v) is 5.79. The number of nitrogens with zero attached hydrogens (tertiary/aromatic N) is 2. The average Bonchev–Trinajstić information content (AvgIpc) is 3.36. The second-order valence-corrected chi connectivity index (χ2v) is 9.76. The van der Waals surface area contributed by atoms with E-state index in [1.807, 2.05) is 30.3 Å². The summed E-state index contributed by atoms with van der Waals surface area (Å²) in [5, 5.41) is 13.7. The number of hydrogen-bond donors (Lipinski definition) is 2. The molecule has 31 heavy (non-hydrogen) atoms. The monoisotopic (exact) mass is 451 g/mol. The van der Waals surface area contributed by atoms with Crippen LogP contribution in [0.1, 0.15) is 48.0 Å². The molecule has 0 unspecified atom stereocenters. The van der Waals surface area contributed by atoms with Crippen LogP contribution in [0.25, 0.3) is 11.1 Å². The van der Waals surface area contributed by atoms with E-state index >= 15 is 0 Å². The summed E-state index contributed by atoms with van der Waals surface area (Å²) in [6.07, 6.45) is 4.85. The number of benzene rings is 2. The first-order chi connectivity index (χ1) is 14.9. The van der Waals surface area contributed by atoms with Crippen LogP contribution in [0, 0.1) is 11.3 Å². The standard InChI is InChI=1S/C24H23ClN4OS/c25-19-11-15(14-2-1-3-16(10-14)24(13-26)8-9-24)4-6-18(19)22(30)28-20-12-17-5-7-21(20)29(17)23(27)31/h1-4,6,10-11,17,20-21H,5,7-9,12H2,(H2,27,31)(H,28,30)/p+1/t17-,20+,21+/m0/s1. The van der Waals surface area contributed by atoms with E-state index in [2.05, 4.69) is 28.1 Å². The predicted molar refractivity (Wildman–Crippen MR) is 123 cm³/mol. The zero-order valence-corrected chi connectivity index (χ0v) is 18.7. The van der Waals surface area contributed by atoms with Crippen molar-refractivity contribution < 1.29 is 10.5 Å². The van der Waals surface area contributed by atoms with Gasteiger partial charge in [0.05, 0.1) is 34.2 Å². The number of nitriles is 1. The fraction of sp³-hybridized carbons (Fsp3) is 0.375. The molecule has 1 saturated carbocycles. The highest BCUT2D eigenvalue weighted by Crippen LogP contribution is 2.48. The van der Waals surface area contributed by atoms with Gasteiger partial charge in [0.25, 0.3) is 11.0 Å². The van der Waals surface area contributed by atoms with E-state index in [0.717, 1.165) is 48.8 Å². The van der Waals surface area contributed by atoms with Gasteiger partial charge in [-0.25, -0.2) is 0 Å². The zero-order valence-electron chi connectivity index (χ0n) is 17.1. The van der Waals surface area contributed by atoms with Crippen molar-refractivity contribution in [2.24, 2.45) is 0 Å². The average molecular weight is 452 g/mol. The lowest BCUT2D eigenvalue weighted by Gasteiger charge is -2.23. The highest BCUT2D eigenvalue weighted by Gasteiger charge is 2.48. The molecule has 2 aliphatic heterocycles. The molecule has 3 aliphatic rings. The summed E-state index contributed by atoms with van der Waals surface area (Å²) in [4.78, 5) is 15.1. The molecule has 0 spiro atoms. The number of hydrogen-bond acceptors (Lipinski definition) is 3. The summed E-state index contributed by atoms with van der Waals surface area (Å²) >= 11 is 11.8. The molecular weight excluding hydrogens is 428 g/mol. The Morgan fingerprint density at radius 3 is 2.65 bits per heavy atom. The quantitative estimate of drug-likeness (QED) is 0.697. The van der Waals surface area contributed by atoms with Crippen LogP contribution in [0.5, 0.6) is 0 Å². The molecule has 2 heterocycles. The van der Waals surface area contributed by atoms with Crippen LogP contribution in [0.4, 0.5) is 0 Å². The van der Waals surface area contributed by atoms with Crippen molar-refractivity contribution in [3.63, 3.8) is 0 Å². The smallest absolute Gasteiger partial charge is 0.268 e. The van der Waals surface area contributed by atoms with Gasteiger partial charge < -0.3 is 16.0 Å². The predicted octanol–water partition coefficient (Wildman–Crippen LogP) is 3.42. The zero-order chi connectivity index (χ0) is 21.8. The molecule has 1 aliphatic carbocycles. The second-order valence-electron chi connectivity index (χ2n) is 8.88. The first-order valence-corrected chi connectivity index (χ1v) is 11.5. The van der Waals surface area contributed by atoms with Gasteiger partial charge in [-0.05, 0) is 67.0 Å². The normalized spacial score (nSPS) is 25.2. The number of nitrogens with one attached hydrogen (secondary N) is 1. The summed E-state index contributed by atoms with van der Waals surface area (Å²) in [6.45, 7) is 0. The van der Waals surface area contributed by atoms with Crippen LogP contribution in [-0.2, 0) is 5.41 Å². The SMILES string of the molecule is N#CC1(c2cccc(-c3ccc(C(=O)N[C@@H]4C[C@@H]5CC[C@H]4N5C([NH3+])=S)c(Cl)c3)c2)CC1. The molecule has 0 aromatic heterocycles. The Kier molecular flexibility index (Phi) is 5.01. The minimum absolute atomic E-state index is 0.0686. The Balaban J connectivity index is 1.34. The maximum absolute atomic E-state index is 13.0. The molecule has 1 amide bonds. The maximum atomic E-state index is 13.0. The van der Waals surface area contributed by atoms with Crippen LogP contribution < -0.4 is 11.1 Å². The first-order valence-electron chi connectivity index (χ1n) is 10.7. The van der Waals surface area contributed by atoms with Crippen molar-refractivity contribution in [3.8, 4) is 17.2 Å². The van der Waals surface area contributed by atoms with Gasteiger partial charge in [-0.1, -0.05) is 35.9 Å². The van der Waals surface area contributed by atoms with Gasteiger partial charge in [0.15, 0.2) is 0 Å². The maximum Gasteiger partial charge on any atom is 0.268 e. The van der Waals surface area contributed by atoms with Crippen molar-refractivity contribution in [2.45, 2.75) is 55.6 Å². The number of amides is 1. The molecule has 7 heteroatoms. The second kappa shape index (κ2) is 7.59. The van der Waals surface area contributed by atoms with E-state index in [1.165, 1.54) is 0 Å². The topological polar surface area (TPSA) is 83.8 Å². The van der Waals surface area contributed by atoms with Gasteiger partial charge in [0.1, 0.15) is 0 Å². The van der Waals surface area contributed by atoms with Gasteiger partial charge >= 0.3 is 0 Å². The molecule has 3 atom stereocenters. The highest BCUT2D eigenvalue weighted by molar-refractivity contribution is 7.79. The van der Waals surface area contributed by atoms with Gasteiger partial charge in [0.2, 0.25) is 0 Å². The summed E-state index contributed by atoms with van der Waals surface area (Å²) < 4.78 is 0. The molecule has 4 N–H and O–H groups in total. The van der Waals surface area contributed by atoms with Gasteiger partial charge in [0, 0.05) is 18.3 Å². The van der Waals surface area contributed by atoms with Crippen molar-refractivity contribution >= 4 is 34.8 Å². The lowest BCUT2D eigenvalue weighted by atomic mass is 9.93. The Hall–Kier alpha value is -2.46. The van der Waals surface area contributed by atoms with Crippen molar-refractivity contribution in [1.82, 2.24) is 10.2 Å². The number of fused-ring (bicyclic) bond motifs is 2. The minimum atomic E-state index is -0.329. The molecule has 0 radical (unpaired) electrons. The lowest BCUT2D eigenvalue weighted by molar-refractivity contribution is -0.229. The van der Waals surface area contributed by atoms with E-state index in [1.54, 1.807) is 6.07 Å². The third-order valence-electron chi connectivity index (χ3n) is 7.07. The van der Waals surface area contributed by atoms with Crippen molar-refractivity contribution in [2.75, 3.05) is 0 Å². The molecule has 5 nitrogen and oxygen atoms in total. The molecule has 2 bridgehead atoms. The van der Waals surface area contributed by atoms with Crippen LogP contribution in [0.3, 0.4) is 0 Å². The molecule has 3 fully saturated rings. The minimum Gasteiger partial charge on any atom is -0.347 e. The number of carbonyl (C=O) groups excluding carboxylic acids is 1. The summed E-state index contributed by atoms with van der Waals surface area (Å²) in [5.74, 6) is -0.154. The number of carbonyl (C=O) groups is 1. The van der Waals surface area contributed by atoms with Crippen molar-refractivity contribution in [1.29, 1.82) is 5.26 Å². The Morgan fingerprint density at radius 2 is 2.00 bits per heavy atom. The molecule has 5 rings (SSSR count). The van der Waals surface area contributed by atoms with Crippen LogP contribution in [0.15, 0.2) is 42.5 Å². The van der Waals surface area contributed by atoms with Crippen LogP contribution in [-0.4, -0.2) is 34.0 Å². The van der Waals surface area contributed by atoms with Gasteiger partial charge in [-0.2, -0.15) is 5.26 Å². The highest BCUT2D eigenvalue weighted by atomic mass is 35.5. The van der Waals surface area contributed by atoms with Crippen LogP contribution >= 0.6 is 23.8 Å².